The van der Waals surface area contributed by atoms with E-state index in [0.29, 0.717) is 12.0 Å². The number of halogens is 1. The van der Waals surface area contributed by atoms with Crippen molar-refractivity contribution in [1.82, 2.24) is 0 Å². The van der Waals surface area contributed by atoms with Crippen LogP contribution in [-0.2, 0) is 10.5 Å². The van der Waals surface area contributed by atoms with E-state index < -0.39 is 18.1 Å². The summed E-state index contributed by atoms with van der Waals surface area (Å²) in [4.78, 5) is 11.4. The minimum absolute atomic E-state index is 0.108. The van der Waals surface area contributed by atoms with Crippen molar-refractivity contribution in [3.8, 4) is 0 Å². The Hall–Kier alpha value is -1.22. The summed E-state index contributed by atoms with van der Waals surface area (Å²) in [6.07, 6.45) is 0.660. The van der Waals surface area contributed by atoms with Crippen LogP contribution in [-0.4, -0.2) is 17.5 Å². The van der Waals surface area contributed by atoms with Crippen molar-refractivity contribution >= 4 is 5.78 Å². The maximum Gasteiger partial charge on any atom is 0.199 e. The number of ketones is 1. The van der Waals surface area contributed by atoms with E-state index in [1.165, 1.54) is 0 Å². The van der Waals surface area contributed by atoms with E-state index in [1.807, 2.05) is 6.92 Å². The highest BCUT2D eigenvalue weighted by Gasteiger charge is 2.38. The van der Waals surface area contributed by atoms with Gasteiger partial charge < -0.3 is 5.11 Å². The molecule has 0 aromatic heterocycles. The molecule has 0 aliphatic carbocycles. The third kappa shape index (κ3) is 2.42. The van der Waals surface area contributed by atoms with E-state index in [2.05, 4.69) is 0 Å². The summed E-state index contributed by atoms with van der Waals surface area (Å²) in [5.41, 5.74) is -1.71. The molecule has 1 aromatic carbocycles. The van der Waals surface area contributed by atoms with E-state index in [4.69, 9.17) is 5.11 Å². The molecule has 0 spiro atoms. The fraction of sp³-hybridized carbons (Fsp3) is 0.417. The summed E-state index contributed by atoms with van der Waals surface area (Å²) in [7, 11) is 0. The molecule has 0 aliphatic heterocycles. The van der Waals surface area contributed by atoms with Crippen LogP contribution in [0.2, 0.25) is 0 Å². The van der Waals surface area contributed by atoms with E-state index in [9.17, 15) is 9.18 Å². The van der Waals surface area contributed by atoms with Gasteiger partial charge in [0.05, 0.1) is 0 Å². The molecule has 0 radical (unpaired) electrons. The lowest BCUT2D eigenvalue weighted by Gasteiger charge is -2.22. The second kappa shape index (κ2) is 5.03. The van der Waals surface area contributed by atoms with Gasteiger partial charge in [0.1, 0.15) is 6.61 Å². The topological polar surface area (TPSA) is 37.3 Å². The van der Waals surface area contributed by atoms with Crippen LogP contribution in [0.15, 0.2) is 30.3 Å². The molecule has 0 bridgehead atoms. The van der Waals surface area contributed by atoms with Crippen LogP contribution in [0.1, 0.15) is 25.3 Å². The van der Waals surface area contributed by atoms with Crippen molar-refractivity contribution in [3.05, 3.63) is 35.9 Å². The molecule has 3 heteroatoms. The van der Waals surface area contributed by atoms with Gasteiger partial charge in [-0.05, 0) is 12.0 Å². The van der Waals surface area contributed by atoms with Crippen molar-refractivity contribution in [1.29, 1.82) is 0 Å². The first-order valence-electron chi connectivity index (χ1n) is 5.03. The van der Waals surface area contributed by atoms with Crippen LogP contribution in [0, 0.1) is 0 Å². The summed E-state index contributed by atoms with van der Waals surface area (Å²) >= 11 is 0. The smallest absolute Gasteiger partial charge is 0.199 e. The molecule has 2 nitrogen and oxygen atoms in total. The number of hydrogen-bond donors (Lipinski definition) is 1. The third-order valence-corrected chi connectivity index (χ3v) is 2.41. The fourth-order valence-corrected chi connectivity index (χ4v) is 1.62. The average molecular weight is 210 g/mol. The SMILES string of the molecule is CCC[C@](F)(C(=O)CO)c1ccccc1. The highest BCUT2D eigenvalue weighted by atomic mass is 19.1. The molecule has 1 atom stereocenters. The van der Waals surface area contributed by atoms with Gasteiger partial charge >= 0.3 is 0 Å². The lowest BCUT2D eigenvalue weighted by Crippen LogP contribution is -2.33. The molecule has 0 unspecified atom stereocenters. The maximum atomic E-state index is 14.4. The van der Waals surface area contributed by atoms with E-state index >= 15 is 0 Å². The zero-order valence-corrected chi connectivity index (χ0v) is 8.74. The summed E-state index contributed by atoms with van der Waals surface area (Å²) < 4.78 is 14.4. The average Bonchev–Trinajstić information content (AvgIpc) is 2.29. The Bertz CT molecular complexity index is 324. The van der Waals surface area contributed by atoms with Crippen LogP contribution in [0.5, 0.6) is 0 Å². The largest absolute Gasteiger partial charge is 0.388 e. The minimum Gasteiger partial charge on any atom is -0.388 e. The molecular formula is C12H15FO2. The Labute approximate surface area is 88.7 Å². The summed E-state index contributed by atoms with van der Waals surface area (Å²) in [6, 6.07) is 8.28. The van der Waals surface area contributed by atoms with Crippen LogP contribution >= 0.6 is 0 Å². The monoisotopic (exact) mass is 210 g/mol. The molecule has 1 N–H and O–H groups in total. The first kappa shape index (κ1) is 11.9. The van der Waals surface area contributed by atoms with Gasteiger partial charge in [-0.15, -0.1) is 0 Å². The lowest BCUT2D eigenvalue weighted by atomic mass is 9.87. The number of aliphatic hydroxyl groups is 1. The highest BCUT2D eigenvalue weighted by molar-refractivity contribution is 5.89. The molecule has 0 saturated carbocycles. The Kier molecular flexibility index (Phi) is 3.97. The Morgan fingerprint density at radius 1 is 1.40 bits per heavy atom. The quantitative estimate of drug-likeness (QED) is 0.809. The van der Waals surface area contributed by atoms with Gasteiger partial charge in [0.25, 0.3) is 0 Å². The number of benzene rings is 1. The van der Waals surface area contributed by atoms with Gasteiger partial charge in [0.2, 0.25) is 0 Å². The molecule has 0 amide bonds. The predicted molar refractivity (Wildman–Crippen MR) is 56.2 cm³/mol. The maximum absolute atomic E-state index is 14.4. The van der Waals surface area contributed by atoms with Gasteiger partial charge in [0, 0.05) is 0 Å². The normalized spacial score (nSPS) is 14.6. The van der Waals surface area contributed by atoms with Crippen molar-refractivity contribution < 1.29 is 14.3 Å². The van der Waals surface area contributed by atoms with Crippen LogP contribution in [0.25, 0.3) is 0 Å². The first-order chi connectivity index (χ1) is 7.15. The summed E-state index contributed by atoms with van der Waals surface area (Å²) in [5, 5.41) is 8.77. The zero-order valence-electron chi connectivity index (χ0n) is 8.74. The Morgan fingerprint density at radius 2 is 2.00 bits per heavy atom. The van der Waals surface area contributed by atoms with Gasteiger partial charge in [-0.2, -0.15) is 0 Å². The van der Waals surface area contributed by atoms with Crippen LogP contribution < -0.4 is 0 Å². The van der Waals surface area contributed by atoms with Crippen molar-refractivity contribution in [2.24, 2.45) is 0 Å². The van der Waals surface area contributed by atoms with Crippen molar-refractivity contribution in [3.63, 3.8) is 0 Å². The molecule has 0 aliphatic rings. The fourth-order valence-electron chi connectivity index (χ4n) is 1.62. The number of hydrogen-bond acceptors (Lipinski definition) is 2. The second-order valence-corrected chi connectivity index (χ2v) is 3.50. The van der Waals surface area contributed by atoms with E-state index in [-0.39, 0.29) is 6.42 Å². The van der Waals surface area contributed by atoms with Crippen LogP contribution in [0.4, 0.5) is 4.39 Å². The molecular weight excluding hydrogens is 195 g/mol. The summed E-state index contributed by atoms with van der Waals surface area (Å²) in [6.45, 7) is 1.05. The first-order valence-corrected chi connectivity index (χ1v) is 5.03. The van der Waals surface area contributed by atoms with Gasteiger partial charge in [-0.1, -0.05) is 43.7 Å². The third-order valence-electron chi connectivity index (χ3n) is 2.41. The lowest BCUT2D eigenvalue weighted by molar-refractivity contribution is -0.134. The van der Waals surface area contributed by atoms with Gasteiger partial charge in [-0.25, -0.2) is 4.39 Å². The van der Waals surface area contributed by atoms with Crippen LogP contribution in [0.3, 0.4) is 0 Å². The number of Topliss-reactive ketones (excluding diaryl/α,β-unsaturated/α-hetero) is 1. The Balaban J connectivity index is 3.06. The molecule has 1 rings (SSSR count). The van der Waals surface area contributed by atoms with E-state index in [0.717, 1.165) is 0 Å². The predicted octanol–water partition coefficient (Wildman–Crippen LogP) is 2.21. The van der Waals surface area contributed by atoms with Crippen molar-refractivity contribution in [2.45, 2.75) is 25.4 Å². The number of carbonyl (C=O) groups excluding carboxylic acids is 1. The standard InChI is InChI=1S/C12H15FO2/c1-2-8-12(13,11(15)9-14)10-6-4-3-5-7-10/h3-7,14H,2,8-9H2,1H3/t12-/m1/s1. The molecule has 0 heterocycles. The van der Waals surface area contributed by atoms with E-state index in [1.54, 1.807) is 30.3 Å². The van der Waals surface area contributed by atoms with Gasteiger partial charge in [-0.3, -0.25) is 4.79 Å². The number of rotatable bonds is 5. The zero-order chi connectivity index (χ0) is 11.3. The number of aliphatic hydroxyl groups excluding tert-OH is 1. The molecule has 15 heavy (non-hydrogen) atoms. The molecule has 0 fully saturated rings. The minimum atomic E-state index is -2.04. The van der Waals surface area contributed by atoms with Crippen molar-refractivity contribution in [2.75, 3.05) is 6.61 Å². The number of carbonyl (C=O) groups is 1. The Morgan fingerprint density at radius 3 is 2.47 bits per heavy atom. The number of alkyl halides is 1. The second-order valence-electron chi connectivity index (χ2n) is 3.50. The molecule has 0 saturated heterocycles. The molecule has 1 aromatic rings. The highest BCUT2D eigenvalue weighted by Crippen LogP contribution is 2.31. The summed E-state index contributed by atoms with van der Waals surface area (Å²) in [5.74, 6) is -0.768. The molecule has 82 valence electrons. The van der Waals surface area contributed by atoms with Gasteiger partial charge in [0.15, 0.2) is 11.5 Å².